The third kappa shape index (κ3) is 4.33. The maximum Gasteiger partial charge on any atom is 0.407 e. The lowest BCUT2D eigenvalue weighted by molar-refractivity contribution is 0.101. The van der Waals surface area contributed by atoms with E-state index in [0.717, 1.165) is 5.56 Å². The van der Waals surface area contributed by atoms with Crippen molar-refractivity contribution in [2.24, 2.45) is 0 Å². The Bertz CT molecular complexity index is 585. The molecule has 8 heteroatoms. The van der Waals surface area contributed by atoms with Gasteiger partial charge in [-0.1, -0.05) is 30.3 Å². The molecule has 1 fully saturated rings. The molecule has 2 rings (SSSR count). The lowest BCUT2D eigenvalue weighted by Gasteiger charge is -2.35. The molecule has 21 heavy (non-hydrogen) atoms. The van der Waals surface area contributed by atoms with Crippen LogP contribution in [0.1, 0.15) is 18.4 Å². The van der Waals surface area contributed by atoms with Gasteiger partial charge in [0.15, 0.2) is 0 Å². The maximum atomic E-state index is 11.4. The van der Waals surface area contributed by atoms with Crippen molar-refractivity contribution < 1.29 is 18.3 Å². The molecule has 1 saturated heterocycles. The van der Waals surface area contributed by atoms with Gasteiger partial charge in [0.2, 0.25) is 0 Å². The second kappa shape index (κ2) is 6.64. The van der Waals surface area contributed by atoms with E-state index >= 15 is 0 Å². The predicted molar refractivity (Wildman–Crippen MR) is 79.4 cm³/mol. The number of amides is 1. The van der Waals surface area contributed by atoms with Gasteiger partial charge in [0, 0.05) is 36.4 Å². The SMILES string of the molecule is O=C(O)N(Cc1ccccc1)C1CCN(S(=O)(=O)Cl)CC1. The van der Waals surface area contributed by atoms with Crippen molar-refractivity contribution in [2.45, 2.75) is 25.4 Å². The van der Waals surface area contributed by atoms with E-state index in [1.165, 1.54) is 9.21 Å². The summed E-state index contributed by atoms with van der Waals surface area (Å²) in [6.07, 6.45) is -0.0954. The van der Waals surface area contributed by atoms with Crippen LogP contribution in [0.4, 0.5) is 4.79 Å². The van der Waals surface area contributed by atoms with Gasteiger partial charge in [-0.2, -0.15) is 12.7 Å². The molecule has 0 aromatic heterocycles. The molecule has 0 bridgehead atoms. The van der Waals surface area contributed by atoms with Crippen LogP contribution in [0.5, 0.6) is 0 Å². The topological polar surface area (TPSA) is 77.9 Å². The van der Waals surface area contributed by atoms with E-state index in [4.69, 9.17) is 10.7 Å². The van der Waals surface area contributed by atoms with Crippen LogP contribution in [0.2, 0.25) is 0 Å². The van der Waals surface area contributed by atoms with Gasteiger partial charge in [0.25, 0.3) is 9.24 Å². The molecule has 1 N–H and O–H groups in total. The summed E-state index contributed by atoms with van der Waals surface area (Å²) < 4.78 is 23.7. The van der Waals surface area contributed by atoms with E-state index < -0.39 is 15.3 Å². The van der Waals surface area contributed by atoms with Crippen molar-refractivity contribution in [1.29, 1.82) is 0 Å². The van der Waals surface area contributed by atoms with Crippen molar-refractivity contribution in [3.8, 4) is 0 Å². The van der Waals surface area contributed by atoms with Crippen molar-refractivity contribution in [1.82, 2.24) is 9.21 Å². The van der Waals surface area contributed by atoms with Crippen LogP contribution in [0.3, 0.4) is 0 Å². The molecule has 1 heterocycles. The molecule has 6 nitrogen and oxygen atoms in total. The summed E-state index contributed by atoms with van der Waals surface area (Å²) in [6.45, 7) is 0.790. The van der Waals surface area contributed by atoms with Gasteiger partial charge in [-0.3, -0.25) is 0 Å². The number of hydrogen-bond acceptors (Lipinski definition) is 3. The predicted octanol–water partition coefficient (Wildman–Crippen LogP) is 2.11. The fraction of sp³-hybridized carbons (Fsp3) is 0.462. The average Bonchev–Trinajstić information content (AvgIpc) is 2.45. The Kier molecular flexibility index (Phi) is 5.08. The third-order valence-corrected chi connectivity index (χ3v) is 5.18. The van der Waals surface area contributed by atoms with Crippen molar-refractivity contribution in [2.75, 3.05) is 13.1 Å². The second-order valence-corrected chi connectivity index (χ2v) is 7.48. The van der Waals surface area contributed by atoms with E-state index in [1.54, 1.807) is 0 Å². The highest BCUT2D eigenvalue weighted by Gasteiger charge is 2.31. The minimum absolute atomic E-state index is 0.197. The summed E-state index contributed by atoms with van der Waals surface area (Å²) >= 11 is 0. The number of carboxylic acid groups (broad SMARTS) is 1. The average molecular weight is 333 g/mol. The quantitative estimate of drug-likeness (QED) is 0.857. The Morgan fingerprint density at radius 1 is 1.29 bits per heavy atom. The van der Waals surface area contributed by atoms with Gasteiger partial charge in [-0.25, -0.2) is 4.79 Å². The first kappa shape index (κ1) is 16.1. The van der Waals surface area contributed by atoms with Crippen LogP contribution >= 0.6 is 10.7 Å². The fourth-order valence-corrected chi connectivity index (χ4v) is 3.57. The summed E-state index contributed by atoms with van der Waals surface area (Å²) in [6, 6.07) is 9.13. The standard InChI is InChI=1S/C13H17ClN2O4S/c14-21(19,20)15-8-6-12(7-9-15)16(13(17)18)10-11-4-2-1-3-5-11/h1-5,12H,6-10H2,(H,17,18). The van der Waals surface area contributed by atoms with E-state index in [9.17, 15) is 18.3 Å². The lowest BCUT2D eigenvalue weighted by atomic mass is 10.0. The number of hydrogen-bond donors (Lipinski definition) is 1. The van der Waals surface area contributed by atoms with Gasteiger partial charge in [0.1, 0.15) is 0 Å². The summed E-state index contributed by atoms with van der Waals surface area (Å²) in [7, 11) is 1.59. The Labute approximate surface area is 128 Å². The zero-order valence-electron chi connectivity index (χ0n) is 11.4. The minimum Gasteiger partial charge on any atom is -0.465 e. The van der Waals surface area contributed by atoms with Gasteiger partial charge >= 0.3 is 6.09 Å². The molecule has 0 aliphatic carbocycles. The summed E-state index contributed by atoms with van der Waals surface area (Å²) in [5, 5.41) is 9.38. The highest BCUT2D eigenvalue weighted by Crippen LogP contribution is 2.22. The first-order valence-electron chi connectivity index (χ1n) is 6.61. The molecule has 0 saturated carbocycles. The fourth-order valence-electron chi connectivity index (χ4n) is 2.50. The van der Waals surface area contributed by atoms with Crippen LogP contribution in [0, 0.1) is 0 Å². The Hall–Kier alpha value is -1.31. The highest BCUT2D eigenvalue weighted by atomic mass is 35.7. The zero-order valence-corrected chi connectivity index (χ0v) is 12.9. The molecule has 1 aliphatic heterocycles. The van der Waals surface area contributed by atoms with Crippen molar-refractivity contribution in [3.05, 3.63) is 35.9 Å². The zero-order chi connectivity index (χ0) is 15.5. The molecule has 1 aliphatic rings. The van der Waals surface area contributed by atoms with Gasteiger partial charge in [0.05, 0.1) is 0 Å². The van der Waals surface area contributed by atoms with E-state index in [2.05, 4.69) is 0 Å². The van der Waals surface area contributed by atoms with E-state index in [1.807, 2.05) is 30.3 Å². The Balaban J connectivity index is 2.02. The first-order valence-corrected chi connectivity index (χ1v) is 8.88. The number of nitrogens with zero attached hydrogens (tertiary/aromatic N) is 2. The summed E-state index contributed by atoms with van der Waals surface area (Å²) in [5.74, 6) is 0. The van der Waals surface area contributed by atoms with Crippen LogP contribution in [-0.2, 0) is 15.8 Å². The smallest absolute Gasteiger partial charge is 0.407 e. The lowest BCUT2D eigenvalue weighted by Crippen LogP contribution is -2.47. The van der Waals surface area contributed by atoms with Gasteiger partial charge in [-0.05, 0) is 18.4 Å². The number of piperidine rings is 1. The second-order valence-electron chi connectivity index (χ2n) is 4.97. The van der Waals surface area contributed by atoms with Crippen LogP contribution in [-0.4, -0.2) is 48.0 Å². The molecule has 0 unspecified atom stereocenters. The van der Waals surface area contributed by atoms with E-state index in [0.29, 0.717) is 19.4 Å². The number of carbonyl (C=O) groups is 1. The van der Waals surface area contributed by atoms with Crippen LogP contribution in [0.25, 0.3) is 0 Å². The number of benzene rings is 1. The molecule has 1 aromatic rings. The molecule has 0 radical (unpaired) electrons. The van der Waals surface area contributed by atoms with Crippen molar-refractivity contribution in [3.63, 3.8) is 0 Å². The molecular formula is C13H17ClN2O4S. The summed E-state index contributed by atoms with van der Waals surface area (Å²) in [4.78, 5) is 12.8. The largest absolute Gasteiger partial charge is 0.465 e. The third-order valence-electron chi connectivity index (χ3n) is 3.61. The molecule has 116 valence electrons. The van der Waals surface area contributed by atoms with E-state index in [-0.39, 0.29) is 19.1 Å². The summed E-state index contributed by atoms with van der Waals surface area (Å²) in [5.41, 5.74) is 0.910. The first-order chi connectivity index (χ1) is 9.88. The maximum absolute atomic E-state index is 11.4. The molecule has 1 amide bonds. The van der Waals surface area contributed by atoms with Crippen LogP contribution in [0.15, 0.2) is 30.3 Å². The number of rotatable bonds is 4. The Morgan fingerprint density at radius 3 is 2.33 bits per heavy atom. The minimum atomic E-state index is -3.71. The van der Waals surface area contributed by atoms with Crippen molar-refractivity contribution >= 4 is 26.0 Å². The Morgan fingerprint density at radius 2 is 1.86 bits per heavy atom. The van der Waals surface area contributed by atoms with Gasteiger partial charge in [-0.15, -0.1) is 0 Å². The molecular weight excluding hydrogens is 316 g/mol. The number of halogens is 1. The molecule has 1 aromatic carbocycles. The highest BCUT2D eigenvalue weighted by molar-refractivity contribution is 8.11. The van der Waals surface area contributed by atoms with Crippen LogP contribution < -0.4 is 0 Å². The van der Waals surface area contributed by atoms with Gasteiger partial charge < -0.3 is 10.0 Å². The normalized spacial score (nSPS) is 17.6. The molecule has 0 atom stereocenters. The molecule has 0 spiro atoms. The monoisotopic (exact) mass is 332 g/mol.